The summed E-state index contributed by atoms with van der Waals surface area (Å²) in [6.07, 6.45) is 3.15. The Balaban J connectivity index is 2.33. The van der Waals surface area contributed by atoms with Gasteiger partial charge in [0.25, 0.3) is 0 Å². The second-order valence-electron chi connectivity index (χ2n) is 6.15. The molecule has 1 aliphatic heterocycles. The topological polar surface area (TPSA) is 84.7 Å². The minimum absolute atomic E-state index is 0.00594. The van der Waals surface area contributed by atoms with Gasteiger partial charge in [0.15, 0.2) is 0 Å². The summed E-state index contributed by atoms with van der Waals surface area (Å²) in [5.74, 6) is 0.309. The number of carbonyl (C=O) groups excluding carboxylic acids is 2. The lowest BCUT2D eigenvalue weighted by Crippen LogP contribution is -2.50. The van der Waals surface area contributed by atoms with Crippen LogP contribution >= 0.6 is 0 Å². The zero-order chi connectivity index (χ0) is 16.5. The Morgan fingerprint density at radius 1 is 1.36 bits per heavy atom. The normalized spacial score (nSPS) is 18.8. The van der Waals surface area contributed by atoms with Crippen LogP contribution in [-0.4, -0.2) is 56.1 Å². The molecule has 0 aliphatic carbocycles. The third kappa shape index (κ3) is 5.57. The first-order chi connectivity index (χ1) is 10.5. The maximum absolute atomic E-state index is 12.3. The molecule has 1 fully saturated rings. The molecule has 2 unspecified atom stereocenters. The van der Waals surface area contributed by atoms with Gasteiger partial charge in [0.1, 0.15) is 0 Å². The minimum Gasteiger partial charge on any atom is -0.385 e. The summed E-state index contributed by atoms with van der Waals surface area (Å²) in [5, 5.41) is 2.93. The molecule has 6 nitrogen and oxygen atoms in total. The number of methoxy groups -OCH3 is 1. The predicted octanol–water partition coefficient (Wildman–Crippen LogP) is 0.751. The SMILES string of the molecule is CCC(C)C(N)C(=O)N1CCC(C(=O)NCCCOC)CC1. The number of likely N-dealkylation sites (tertiary alicyclic amines) is 1. The largest absolute Gasteiger partial charge is 0.385 e. The minimum atomic E-state index is -0.426. The van der Waals surface area contributed by atoms with Crippen molar-refractivity contribution in [2.24, 2.45) is 17.6 Å². The molecule has 0 aromatic rings. The van der Waals surface area contributed by atoms with Gasteiger partial charge in [0, 0.05) is 39.3 Å². The standard InChI is InChI=1S/C16H31N3O3/c1-4-12(2)14(17)16(21)19-9-6-13(7-10-19)15(20)18-8-5-11-22-3/h12-14H,4-11,17H2,1-3H3,(H,18,20). The third-order valence-corrected chi connectivity index (χ3v) is 4.54. The van der Waals surface area contributed by atoms with Crippen molar-refractivity contribution in [1.29, 1.82) is 0 Å². The van der Waals surface area contributed by atoms with E-state index in [9.17, 15) is 9.59 Å². The number of hydrogen-bond donors (Lipinski definition) is 2. The van der Waals surface area contributed by atoms with Gasteiger partial charge in [0.2, 0.25) is 11.8 Å². The Kier molecular flexibility index (Phi) is 8.42. The molecule has 0 radical (unpaired) electrons. The number of piperidine rings is 1. The van der Waals surface area contributed by atoms with Crippen molar-refractivity contribution >= 4 is 11.8 Å². The fourth-order valence-corrected chi connectivity index (χ4v) is 2.64. The van der Waals surface area contributed by atoms with E-state index in [0.29, 0.717) is 26.2 Å². The van der Waals surface area contributed by atoms with Gasteiger partial charge in [-0.3, -0.25) is 9.59 Å². The Labute approximate surface area is 133 Å². The summed E-state index contributed by atoms with van der Waals surface area (Å²) in [6.45, 7) is 6.59. The van der Waals surface area contributed by atoms with Crippen LogP contribution in [0, 0.1) is 11.8 Å². The molecule has 0 aromatic carbocycles. The average molecular weight is 313 g/mol. The monoisotopic (exact) mass is 313 g/mol. The molecule has 2 atom stereocenters. The van der Waals surface area contributed by atoms with Crippen molar-refractivity contribution in [3.05, 3.63) is 0 Å². The molecule has 2 amide bonds. The summed E-state index contributed by atoms with van der Waals surface area (Å²) in [4.78, 5) is 26.2. The number of nitrogens with zero attached hydrogens (tertiary/aromatic N) is 1. The van der Waals surface area contributed by atoms with Crippen LogP contribution in [0.25, 0.3) is 0 Å². The number of nitrogens with one attached hydrogen (secondary N) is 1. The van der Waals surface area contributed by atoms with E-state index in [-0.39, 0.29) is 23.7 Å². The van der Waals surface area contributed by atoms with Gasteiger partial charge >= 0.3 is 0 Å². The Bertz CT molecular complexity index is 355. The number of nitrogens with two attached hydrogens (primary N) is 1. The predicted molar refractivity (Wildman–Crippen MR) is 86.2 cm³/mol. The van der Waals surface area contributed by atoms with Crippen LogP contribution < -0.4 is 11.1 Å². The highest BCUT2D eigenvalue weighted by Gasteiger charge is 2.30. The van der Waals surface area contributed by atoms with Gasteiger partial charge in [-0.05, 0) is 25.2 Å². The number of amides is 2. The zero-order valence-corrected chi connectivity index (χ0v) is 14.1. The first-order valence-corrected chi connectivity index (χ1v) is 8.32. The number of rotatable bonds is 8. The van der Waals surface area contributed by atoms with Crippen molar-refractivity contribution in [1.82, 2.24) is 10.2 Å². The number of ether oxygens (including phenoxy) is 1. The van der Waals surface area contributed by atoms with Gasteiger partial charge in [-0.1, -0.05) is 20.3 Å². The lowest BCUT2D eigenvalue weighted by Gasteiger charge is -2.34. The van der Waals surface area contributed by atoms with Crippen LogP contribution in [-0.2, 0) is 14.3 Å². The molecule has 0 spiro atoms. The molecule has 3 N–H and O–H groups in total. The number of carbonyl (C=O) groups is 2. The quantitative estimate of drug-likeness (QED) is 0.648. The van der Waals surface area contributed by atoms with E-state index in [4.69, 9.17) is 10.5 Å². The van der Waals surface area contributed by atoms with E-state index < -0.39 is 6.04 Å². The second-order valence-corrected chi connectivity index (χ2v) is 6.15. The summed E-state index contributed by atoms with van der Waals surface area (Å²) in [7, 11) is 1.65. The molecule has 0 bridgehead atoms. The van der Waals surface area contributed by atoms with Crippen molar-refractivity contribution < 1.29 is 14.3 Å². The maximum atomic E-state index is 12.3. The van der Waals surface area contributed by atoms with E-state index in [2.05, 4.69) is 5.32 Å². The van der Waals surface area contributed by atoms with Crippen LogP contribution in [0.1, 0.15) is 39.5 Å². The summed E-state index contributed by atoms with van der Waals surface area (Å²) in [6, 6.07) is -0.426. The highest BCUT2D eigenvalue weighted by Crippen LogP contribution is 2.19. The molecule has 0 saturated carbocycles. The maximum Gasteiger partial charge on any atom is 0.239 e. The molecule has 1 saturated heterocycles. The highest BCUT2D eigenvalue weighted by molar-refractivity contribution is 5.83. The van der Waals surface area contributed by atoms with Crippen LogP contribution in [0.2, 0.25) is 0 Å². The summed E-state index contributed by atoms with van der Waals surface area (Å²) in [5.41, 5.74) is 6.01. The van der Waals surface area contributed by atoms with Gasteiger partial charge in [-0.2, -0.15) is 0 Å². The van der Waals surface area contributed by atoms with Crippen LogP contribution in [0.15, 0.2) is 0 Å². The lowest BCUT2D eigenvalue weighted by atomic mass is 9.93. The molecular weight excluding hydrogens is 282 g/mol. The third-order valence-electron chi connectivity index (χ3n) is 4.54. The molecule has 6 heteroatoms. The Hall–Kier alpha value is -1.14. The summed E-state index contributed by atoms with van der Waals surface area (Å²) < 4.78 is 4.95. The van der Waals surface area contributed by atoms with Crippen molar-refractivity contribution in [3.63, 3.8) is 0 Å². The van der Waals surface area contributed by atoms with Gasteiger partial charge in [0.05, 0.1) is 6.04 Å². The Morgan fingerprint density at radius 2 is 2.00 bits per heavy atom. The Morgan fingerprint density at radius 3 is 2.55 bits per heavy atom. The molecule has 1 rings (SSSR count). The van der Waals surface area contributed by atoms with Crippen molar-refractivity contribution in [2.75, 3.05) is 33.4 Å². The molecule has 1 aliphatic rings. The van der Waals surface area contributed by atoms with Gasteiger partial charge in [-0.25, -0.2) is 0 Å². The first-order valence-electron chi connectivity index (χ1n) is 8.32. The van der Waals surface area contributed by atoms with E-state index in [0.717, 1.165) is 25.7 Å². The lowest BCUT2D eigenvalue weighted by molar-refractivity contribution is -0.137. The zero-order valence-electron chi connectivity index (χ0n) is 14.1. The van der Waals surface area contributed by atoms with Crippen LogP contribution in [0.3, 0.4) is 0 Å². The molecule has 1 heterocycles. The van der Waals surface area contributed by atoms with Gasteiger partial charge in [-0.15, -0.1) is 0 Å². The van der Waals surface area contributed by atoms with Gasteiger partial charge < -0.3 is 20.7 Å². The second kappa shape index (κ2) is 9.79. The van der Waals surface area contributed by atoms with Crippen molar-refractivity contribution in [3.8, 4) is 0 Å². The molecule has 128 valence electrons. The molecule has 0 aromatic heterocycles. The highest BCUT2D eigenvalue weighted by atomic mass is 16.5. The van der Waals surface area contributed by atoms with E-state index in [1.165, 1.54) is 0 Å². The van der Waals surface area contributed by atoms with E-state index in [1.807, 2.05) is 18.7 Å². The fraction of sp³-hybridized carbons (Fsp3) is 0.875. The summed E-state index contributed by atoms with van der Waals surface area (Å²) >= 11 is 0. The van der Waals surface area contributed by atoms with Crippen molar-refractivity contribution in [2.45, 2.75) is 45.6 Å². The van der Waals surface area contributed by atoms with E-state index >= 15 is 0 Å². The smallest absolute Gasteiger partial charge is 0.239 e. The van der Waals surface area contributed by atoms with E-state index in [1.54, 1.807) is 7.11 Å². The average Bonchev–Trinajstić information content (AvgIpc) is 2.56. The molecule has 22 heavy (non-hydrogen) atoms. The fourth-order valence-electron chi connectivity index (χ4n) is 2.64. The number of hydrogen-bond acceptors (Lipinski definition) is 4. The van der Waals surface area contributed by atoms with Crippen LogP contribution in [0.4, 0.5) is 0 Å². The first kappa shape index (κ1) is 18.9. The molecular formula is C16H31N3O3. The van der Waals surface area contributed by atoms with Crippen LogP contribution in [0.5, 0.6) is 0 Å².